The first-order valence-corrected chi connectivity index (χ1v) is 9.98. The van der Waals surface area contributed by atoms with Gasteiger partial charge < -0.3 is 15.0 Å². The van der Waals surface area contributed by atoms with Crippen LogP contribution in [0.15, 0.2) is 52.2 Å². The van der Waals surface area contributed by atoms with Crippen molar-refractivity contribution >= 4 is 17.4 Å². The zero-order valence-corrected chi connectivity index (χ0v) is 17.0. The number of aliphatic imine (C=N–C) groups is 2. The number of likely N-dealkylation sites (N-methyl/N-ethyl adjacent to an activating group) is 1. The van der Waals surface area contributed by atoms with E-state index >= 15 is 0 Å². The van der Waals surface area contributed by atoms with Crippen molar-refractivity contribution in [3.05, 3.63) is 53.4 Å². The maximum Gasteiger partial charge on any atom is 0.203 e. The zero-order valence-electron chi connectivity index (χ0n) is 17.0. The van der Waals surface area contributed by atoms with E-state index in [0.717, 1.165) is 56.6 Å². The number of rotatable bonds is 4. The van der Waals surface area contributed by atoms with E-state index in [0.29, 0.717) is 0 Å². The minimum Gasteiger partial charge on any atom is -0.379 e. The highest BCUT2D eigenvalue weighted by atomic mass is 16.5. The summed E-state index contributed by atoms with van der Waals surface area (Å²) in [6.45, 7) is 8.80. The Morgan fingerprint density at radius 1 is 1.14 bits per heavy atom. The van der Waals surface area contributed by atoms with Gasteiger partial charge in [0.2, 0.25) is 5.96 Å². The Kier molecular flexibility index (Phi) is 5.59. The molecule has 0 saturated carbocycles. The van der Waals surface area contributed by atoms with Gasteiger partial charge in [0.25, 0.3) is 0 Å². The molecule has 1 aromatic carbocycles. The van der Waals surface area contributed by atoms with E-state index in [-0.39, 0.29) is 6.04 Å². The molecule has 148 valence electrons. The van der Waals surface area contributed by atoms with Crippen molar-refractivity contribution in [3.8, 4) is 0 Å². The van der Waals surface area contributed by atoms with Gasteiger partial charge >= 0.3 is 0 Å². The summed E-state index contributed by atoms with van der Waals surface area (Å²) in [7, 11) is 2.07. The predicted molar refractivity (Wildman–Crippen MR) is 115 cm³/mol. The van der Waals surface area contributed by atoms with E-state index in [1.807, 2.05) is 6.20 Å². The van der Waals surface area contributed by atoms with Crippen molar-refractivity contribution in [2.75, 3.05) is 45.2 Å². The fourth-order valence-electron chi connectivity index (χ4n) is 3.94. The van der Waals surface area contributed by atoms with Gasteiger partial charge in [0.1, 0.15) is 0 Å². The van der Waals surface area contributed by atoms with Crippen LogP contribution in [0.25, 0.3) is 0 Å². The van der Waals surface area contributed by atoms with Gasteiger partial charge in [-0.05, 0) is 43.2 Å². The number of guanidine groups is 1. The minimum absolute atomic E-state index is 0.105. The number of hydrogen-bond acceptors (Lipinski definition) is 6. The van der Waals surface area contributed by atoms with E-state index in [4.69, 9.17) is 9.73 Å². The molecule has 1 atom stereocenters. The Hall–Kier alpha value is -2.44. The van der Waals surface area contributed by atoms with Crippen molar-refractivity contribution in [1.29, 1.82) is 0 Å². The molecular weight excluding hydrogens is 350 g/mol. The van der Waals surface area contributed by atoms with E-state index in [9.17, 15) is 0 Å². The molecule has 0 spiro atoms. The van der Waals surface area contributed by atoms with Crippen LogP contribution in [0, 0.1) is 13.8 Å². The molecule has 6 heteroatoms. The van der Waals surface area contributed by atoms with Gasteiger partial charge in [0.05, 0.1) is 25.0 Å². The second kappa shape index (κ2) is 8.29. The third-order valence-electron chi connectivity index (χ3n) is 5.34. The summed E-state index contributed by atoms with van der Waals surface area (Å²) in [5.41, 5.74) is 5.89. The van der Waals surface area contributed by atoms with Crippen LogP contribution in [0.2, 0.25) is 0 Å². The first kappa shape index (κ1) is 18.9. The molecule has 0 aliphatic carbocycles. The molecule has 1 fully saturated rings. The Balaban J connectivity index is 1.42. The number of allylic oxidation sites excluding steroid dienone is 1. The van der Waals surface area contributed by atoms with Crippen molar-refractivity contribution < 1.29 is 4.74 Å². The number of benzene rings is 1. The lowest BCUT2D eigenvalue weighted by molar-refractivity contribution is 0.0452. The third kappa shape index (κ3) is 4.34. The smallest absolute Gasteiger partial charge is 0.203 e. The SMILES string of the molecule is Cc1cc(C)cc(NC2=NC=CC(C3=CCC(CN4CCOCC4)=N3)N2C)c1. The number of hydrogen-bond donors (Lipinski definition) is 1. The van der Waals surface area contributed by atoms with Crippen molar-refractivity contribution in [2.45, 2.75) is 26.3 Å². The second-order valence-electron chi connectivity index (χ2n) is 7.75. The van der Waals surface area contributed by atoms with Gasteiger partial charge in [0, 0.05) is 50.7 Å². The molecule has 0 aromatic heterocycles. The topological polar surface area (TPSA) is 52.5 Å². The maximum absolute atomic E-state index is 5.44. The standard InChI is InChI=1S/C22H29N5O/c1-16-12-17(2)14-19(13-16)25-22-23-7-6-21(26(22)3)20-5-4-18(24-20)15-27-8-10-28-11-9-27/h5-7,12-14,21H,4,8-11,15H2,1-3H3,(H,23,25). The fourth-order valence-corrected chi connectivity index (χ4v) is 3.94. The molecule has 6 nitrogen and oxygen atoms in total. The number of anilines is 1. The fraction of sp³-hybridized carbons (Fsp3) is 0.455. The number of nitrogens with one attached hydrogen (secondary N) is 1. The molecule has 3 aliphatic rings. The van der Waals surface area contributed by atoms with Gasteiger partial charge in [0.15, 0.2) is 0 Å². The Labute approximate surface area is 167 Å². The first-order chi connectivity index (χ1) is 13.6. The summed E-state index contributed by atoms with van der Waals surface area (Å²) >= 11 is 0. The Morgan fingerprint density at radius 3 is 2.64 bits per heavy atom. The molecule has 0 bridgehead atoms. The van der Waals surface area contributed by atoms with Crippen LogP contribution in [0.5, 0.6) is 0 Å². The summed E-state index contributed by atoms with van der Waals surface area (Å²) in [6.07, 6.45) is 7.18. The van der Waals surface area contributed by atoms with Crippen LogP contribution < -0.4 is 5.32 Å². The zero-order chi connectivity index (χ0) is 19.5. The molecular formula is C22H29N5O. The van der Waals surface area contributed by atoms with Gasteiger partial charge in [-0.15, -0.1) is 0 Å². The molecule has 1 N–H and O–H groups in total. The van der Waals surface area contributed by atoms with Crippen molar-refractivity contribution in [3.63, 3.8) is 0 Å². The number of morpholine rings is 1. The maximum atomic E-state index is 5.44. The lowest BCUT2D eigenvalue weighted by Gasteiger charge is -2.31. The summed E-state index contributed by atoms with van der Waals surface area (Å²) in [5.74, 6) is 0.843. The summed E-state index contributed by atoms with van der Waals surface area (Å²) in [6, 6.07) is 6.57. The summed E-state index contributed by atoms with van der Waals surface area (Å²) < 4.78 is 5.44. The highest BCUT2D eigenvalue weighted by molar-refractivity contribution is 5.96. The second-order valence-corrected chi connectivity index (χ2v) is 7.75. The third-order valence-corrected chi connectivity index (χ3v) is 5.34. The number of ether oxygens (including phenoxy) is 1. The first-order valence-electron chi connectivity index (χ1n) is 9.98. The van der Waals surface area contributed by atoms with Crippen molar-refractivity contribution in [2.24, 2.45) is 9.98 Å². The van der Waals surface area contributed by atoms with Gasteiger partial charge in [-0.2, -0.15) is 0 Å². The molecule has 1 aromatic rings. The monoisotopic (exact) mass is 379 g/mol. The molecule has 1 unspecified atom stereocenters. The number of nitrogens with zero attached hydrogens (tertiary/aromatic N) is 4. The van der Waals surface area contributed by atoms with E-state index in [1.54, 1.807) is 0 Å². The summed E-state index contributed by atoms with van der Waals surface area (Å²) in [4.78, 5) is 14.1. The lowest BCUT2D eigenvalue weighted by atomic mass is 10.1. The molecule has 4 rings (SSSR count). The number of aryl methyl sites for hydroxylation is 2. The van der Waals surface area contributed by atoms with Crippen LogP contribution >= 0.6 is 0 Å². The van der Waals surface area contributed by atoms with E-state index < -0.39 is 0 Å². The van der Waals surface area contributed by atoms with Crippen LogP contribution in [0.1, 0.15) is 17.5 Å². The largest absolute Gasteiger partial charge is 0.379 e. The van der Waals surface area contributed by atoms with Crippen LogP contribution in [0.3, 0.4) is 0 Å². The average molecular weight is 380 g/mol. The highest BCUT2D eigenvalue weighted by Gasteiger charge is 2.26. The Morgan fingerprint density at radius 2 is 1.89 bits per heavy atom. The Bertz CT molecular complexity index is 828. The molecule has 0 amide bonds. The minimum atomic E-state index is 0.105. The van der Waals surface area contributed by atoms with Crippen LogP contribution in [-0.4, -0.2) is 67.4 Å². The molecule has 3 aliphatic heterocycles. The normalized spacial score (nSPS) is 22.8. The average Bonchev–Trinajstić information content (AvgIpc) is 3.12. The van der Waals surface area contributed by atoms with E-state index in [2.05, 4.69) is 71.4 Å². The van der Waals surface area contributed by atoms with Crippen LogP contribution in [-0.2, 0) is 4.74 Å². The lowest BCUT2D eigenvalue weighted by Crippen LogP contribution is -2.42. The van der Waals surface area contributed by atoms with Gasteiger partial charge in [-0.1, -0.05) is 12.1 Å². The quantitative estimate of drug-likeness (QED) is 0.874. The van der Waals surface area contributed by atoms with Crippen LogP contribution in [0.4, 0.5) is 5.69 Å². The molecule has 28 heavy (non-hydrogen) atoms. The van der Waals surface area contributed by atoms with Gasteiger partial charge in [-0.3, -0.25) is 9.89 Å². The molecule has 0 radical (unpaired) electrons. The van der Waals surface area contributed by atoms with Crippen molar-refractivity contribution in [1.82, 2.24) is 9.80 Å². The molecule has 3 heterocycles. The van der Waals surface area contributed by atoms with Gasteiger partial charge in [-0.25, -0.2) is 4.99 Å². The highest BCUT2D eigenvalue weighted by Crippen LogP contribution is 2.23. The summed E-state index contributed by atoms with van der Waals surface area (Å²) in [5, 5.41) is 3.47. The predicted octanol–water partition coefficient (Wildman–Crippen LogP) is 2.96. The molecule has 1 saturated heterocycles. The van der Waals surface area contributed by atoms with E-state index in [1.165, 1.54) is 16.8 Å².